The van der Waals surface area contributed by atoms with E-state index in [0.717, 1.165) is 35.1 Å². The molecule has 2 fully saturated rings. The van der Waals surface area contributed by atoms with Gasteiger partial charge in [0.25, 0.3) is 0 Å². The molecule has 10 heteroatoms. The fraction of sp³-hybridized carbons (Fsp3) is 0.391. The zero-order valence-corrected chi connectivity index (χ0v) is 18.3. The zero-order valence-electron chi connectivity index (χ0n) is 18.3. The molecule has 1 saturated heterocycles. The fourth-order valence-corrected chi connectivity index (χ4v) is 5.96. The van der Waals surface area contributed by atoms with E-state index in [4.69, 9.17) is 15.5 Å². The van der Waals surface area contributed by atoms with E-state index in [-0.39, 0.29) is 23.9 Å². The maximum atomic E-state index is 15.4. The van der Waals surface area contributed by atoms with Crippen LogP contribution in [-0.4, -0.2) is 50.6 Å². The van der Waals surface area contributed by atoms with Gasteiger partial charge in [-0.1, -0.05) is 0 Å². The van der Waals surface area contributed by atoms with Gasteiger partial charge in [0.2, 0.25) is 0 Å². The number of anilines is 2. The molecule has 3 aliphatic rings. The molecule has 1 aromatic carbocycles. The first-order valence-electron chi connectivity index (χ1n) is 11.2. The molecule has 33 heavy (non-hydrogen) atoms. The molecular formula is C23H23FN8O. The van der Waals surface area contributed by atoms with Crippen molar-refractivity contribution in [3.05, 3.63) is 35.7 Å². The van der Waals surface area contributed by atoms with Crippen LogP contribution in [0.15, 0.2) is 18.5 Å². The number of rotatable bonds is 3. The number of halogens is 1. The Bertz CT molecular complexity index is 1430. The Morgan fingerprint density at radius 1 is 1.21 bits per heavy atom. The molecular weight excluding hydrogens is 423 g/mol. The molecule has 3 aromatic heterocycles. The molecule has 0 radical (unpaired) electrons. The Morgan fingerprint density at radius 2 is 2.03 bits per heavy atom. The molecule has 0 amide bonds. The number of benzene rings is 1. The molecule has 5 heterocycles. The Kier molecular flexibility index (Phi) is 3.74. The van der Waals surface area contributed by atoms with E-state index in [1.807, 2.05) is 6.92 Å². The van der Waals surface area contributed by atoms with Crippen molar-refractivity contribution in [1.29, 1.82) is 0 Å². The summed E-state index contributed by atoms with van der Waals surface area (Å²) in [5.41, 5.74) is 9.19. The van der Waals surface area contributed by atoms with Crippen molar-refractivity contribution in [3.8, 4) is 11.8 Å². The van der Waals surface area contributed by atoms with Crippen LogP contribution < -0.4 is 20.7 Å². The van der Waals surface area contributed by atoms with Crippen LogP contribution in [0, 0.1) is 24.6 Å². The smallest absolute Gasteiger partial charge is 0.326 e. The molecule has 1 saturated carbocycles. The summed E-state index contributed by atoms with van der Waals surface area (Å²) in [5, 5.41) is 4.79. The first-order valence-corrected chi connectivity index (χ1v) is 11.2. The minimum Gasteiger partial charge on any atom is -0.421 e. The molecule has 4 aromatic rings. The number of ether oxygens (including phenoxy) is 1. The Hall–Kier alpha value is -3.53. The van der Waals surface area contributed by atoms with E-state index in [9.17, 15) is 0 Å². The van der Waals surface area contributed by atoms with Crippen LogP contribution >= 0.6 is 0 Å². The molecule has 7 rings (SSSR count). The summed E-state index contributed by atoms with van der Waals surface area (Å²) in [6.07, 6.45) is 4.78. The maximum absolute atomic E-state index is 15.4. The van der Waals surface area contributed by atoms with E-state index >= 15 is 4.39 Å². The Labute approximate surface area is 188 Å². The second kappa shape index (κ2) is 6.50. The number of fused-ring (bicyclic) bond motifs is 4. The standard InChI is InChI=1S/C23H23FN8O/c1-9-27-6-10(7-28-9)33-23-30-21-19-18-12(14(24)5-16(26-2)20(18)29-21)4-17-11-3-15(25)13(11)8-32(17)22(19)31-23/h5-7,11,13,15,17,26H,3-4,8,25H2,1-2H3,(H,29,30,31)/t11-,13?,15+,17+/m0/s1. The summed E-state index contributed by atoms with van der Waals surface area (Å²) in [7, 11) is 1.79. The van der Waals surface area contributed by atoms with Crippen LogP contribution in [0.25, 0.3) is 21.9 Å². The number of hydrogen-bond acceptors (Lipinski definition) is 8. The molecule has 1 aliphatic carbocycles. The predicted molar refractivity (Wildman–Crippen MR) is 122 cm³/mol. The van der Waals surface area contributed by atoms with E-state index in [1.165, 1.54) is 0 Å². The van der Waals surface area contributed by atoms with E-state index in [2.05, 4.69) is 30.2 Å². The van der Waals surface area contributed by atoms with Crippen LogP contribution in [0.4, 0.5) is 15.9 Å². The number of aryl methyl sites for hydroxylation is 1. The van der Waals surface area contributed by atoms with Crippen LogP contribution in [0.2, 0.25) is 0 Å². The molecule has 0 spiro atoms. The summed E-state index contributed by atoms with van der Waals surface area (Å²) in [4.78, 5) is 23.6. The average Bonchev–Trinajstić information content (AvgIpc) is 3.27. The summed E-state index contributed by atoms with van der Waals surface area (Å²) in [5.74, 6) is 2.51. The number of nitrogens with two attached hydrogens (primary N) is 1. The van der Waals surface area contributed by atoms with Crippen molar-refractivity contribution in [3.63, 3.8) is 0 Å². The van der Waals surface area contributed by atoms with Gasteiger partial charge in [0.05, 0.1) is 29.0 Å². The normalized spacial score (nSPS) is 25.2. The van der Waals surface area contributed by atoms with Gasteiger partial charge in [-0.05, 0) is 37.7 Å². The van der Waals surface area contributed by atoms with Crippen LogP contribution in [-0.2, 0) is 6.42 Å². The highest BCUT2D eigenvalue weighted by Crippen LogP contribution is 2.51. The lowest BCUT2D eigenvalue weighted by Crippen LogP contribution is -2.49. The van der Waals surface area contributed by atoms with E-state index in [0.29, 0.717) is 46.7 Å². The molecule has 1 unspecified atom stereocenters. The fourth-order valence-electron chi connectivity index (χ4n) is 5.96. The van der Waals surface area contributed by atoms with Gasteiger partial charge >= 0.3 is 6.01 Å². The van der Waals surface area contributed by atoms with Crippen molar-refractivity contribution in [2.45, 2.75) is 31.8 Å². The number of nitrogens with one attached hydrogen (secondary N) is 2. The third-order valence-corrected chi connectivity index (χ3v) is 7.61. The van der Waals surface area contributed by atoms with Crippen molar-refractivity contribution in [2.75, 3.05) is 23.8 Å². The molecule has 2 aliphatic heterocycles. The van der Waals surface area contributed by atoms with Crippen LogP contribution in [0.3, 0.4) is 0 Å². The van der Waals surface area contributed by atoms with Crippen LogP contribution in [0.1, 0.15) is 17.8 Å². The monoisotopic (exact) mass is 446 g/mol. The summed E-state index contributed by atoms with van der Waals surface area (Å²) in [6.45, 7) is 2.61. The minimum absolute atomic E-state index is 0.147. The lowest BCUT2D eigenvalue weighted by molar-refractivity contribution is 0.166. The Morgan fingerprint density at radius 3 is 2.79 bits per heavy atom. The zero-order chi connectivity index (χ0) is 22.4. The van der Waals surface area contributed by atoms with Gasteiger partial charge in [0.15, 0.2) is 5.75 Å². The van der Waals surface area contributed by atoms with Gasteiger partial charge in [0, 0.05) is 36.6 Å². The van der Waals surface area contributed by atoms with E-state index < -0.39 is 0 Å². The number of hydrogen-bond donors (Lipinski definition) is 3. The van der Waals surface area contributed by atoms with Crippen molar-refractivity contribution >= 4 is 33.4 Å². The summed E-state index contributed by atoms with van der Waals surface area (Å²) in [6, 6.07) is 2.10. The third-order valence-electron chi connectivity index (χ3n) is 7.61. The van der Waals surface area contributed by atoms with Gasteiger partial charge in [-0.25, -0.2) is 14.4 Å². The maximum Gasteiger partial charge on any atom is 0.326 e. The first kappa shape index (κ1) is 19.0. The SMILES string of the molecule is CNc1cc(F)c2c3c1[nH]c1nc(Oc4cnc(C)nc4)nc(c13)N1CC3[C@H](N)C[C@@H]3[C@H]1C2. The molecule has 9 nitrogen and oxygen atoms in total. The van der Waals surface area contributed by atoms with Crippen LogP contribution in [0.5, 0.6) is 11.8 Å². The number of H-pyrrole nitrogens is 1. The summed E-state index contributed by atoms with van der Waals surface area (Å²) >= 11 is 0. The van der Waals surface area contributed by atoms with Gasteiger partial charge in [-0.15, -0.1) is 0 Å². The van der Waals surface area contributed by atoms with Crippen molar-refractivity contribution in [1.82, 2.24) is 24.9 Å². The minimum atomic E-state index is -0.204. The quantitative estimate of drug-likeness (QED) is 0.440. The highest BCUT2D eigenvalue weighted by atomic mass is 19.1. The molecule has 4 atom stereocenters. The van der Waals surface area contributed by atoms with Gasteiger partial charge < -0.3 is 25.7 Å². The lowest BCUT2D eigenvalue weighted by Gasteiger charge is -2.39. The van der Waals surface area contributed by atoms with Gasteiger partial charge in [-0.3, -0.25) is 0 Å². The largest absolute Gasteiger partial charge is 0.421 e. The van der Waals surface area contributed by atoms with Crippen molar-refractivity contribution < 1.29 is 9.13 Å². The summed E-state index contributed by atoms with van der Waals surface area (Å²) < 4.78 is 21.3. The number of aromatic nitrogens is 5. The topological polar surface area (TPSA) is 118 Å². The first-order chi connectivity index (χ1) is 16.0. The van der Waals surface area contributed by atoms with Crippen molar-refractivity contribution in [2.24, 2.45) is 17.6 Å². The van der Waals surface area contributed by atoms with Gasteiger partial charge in [-0.2, -0.15) is 9.97 Å². The third kappa shape index (κ3) is 2.55. The molecule has 168 valence electrons. The number of nitrogens with zero attached hydrogens (tertiary/aromatic N) is 5. The predicted octanol–water partition coefficient (Wildman–Crippen LogP) is 2.89. The average molecular weight is 446 g/mol. The molecule has 4 N–H and O–H groups in total. The highest BCUT2D eigenvalue weighted by molar-refractivity contribution is 6.16. The Balaban J connectivity index is 1.48. The molecule has 0 bridgehead atoms. The lowest BCUT2D eigenvalue weighted by atomic mass is 9.68. The van der Waals surface area contributed by atoms with Gasteiger partial charge in [0.1, 0.15) is 23.1 Å². The van der Waals surface area contributed by atoms with E-state index in [1.54, 1.807) is 25.5 Å². The highest BCUT2D eigenvalue weighted by Gasteiger charge is 2.53. The second-order valence-electron chi connectivity index (χ2n) is 9.28. The number of aromatic amines is 1. The second-order valence-corrected chi connectivity index (χ2v) is 9.28.